The van der Waals surface area contributed by atoms with E-state index in [4.69, 9.17) is 4.79 Å². The van der Waals surface area contributed by atoms with Gasteiger partial charge >= 0.3 is 11.4 Å². The molecule has 14 heavy (non-hydrogen) atoms. The van der Waals surface area contributed by atoms with Crippen LogP contribution >= 0.6 is 0 Å². The topological polar surface area (TPSA) is 131 Å². The van der Waals surface area contributed by atoms with Gasteiger partial charge in [-0.2, -0.15) is 0 Å². The Morgan fingerprint density at radius 2 is 1.29 bits per heavy atom. The molecule has 4 N–H and O–H groups in total. The van der Waals surface area contributed by atoms with Crippen LogP contribution < -0.4 is 16.9 Å². The van der Waals surface area contributed by atoms with Crippen LogP contribution in [0.3, 0.4) is 0 Å². The van der Waals surface area contributed by atoms with Crippen LogP contribution in [0.1, 0.15) is 0 Å². The molecule has 8 nitrogen and oxygen atoms in total. The zero-order valence-electron chi connectivity index (χ0n) is 6.84. The van der Waals surface area contributed by atoms with Crippen molar-refractivity contribution in [1.82, 2.24) is 19.9 Å². The van der Waals surface area contributed by atoms with Gasteiger partial charge in [-0.3, -0.25) is 24.7 Å². The Hall–Kier alpha value is -2.38. The summed E-state index contributed by atoms with van der Waals surface area (Å²) in [5, 5.41) is 0. The molecule has 0 spiro atoms. The summed E-state index contributed by atoms with van der Waals surface area (Å²) in [6.07, 6.45) is 0. The molecule has 0 radical (unpaired) electrons. The number of carbonyl (C=O) groups excluding carboxylic acids is 1. The summed E-state index contributed by atoms with van der Waals surface area (Å²) >= 11 is 0. The largest absolute Gasteiger partial charge is 0.327 e. The first kappa shape index (κ1) is 9.71. The molecule has 0 aliphatic heterocycles. The van der Waals surface area contributed by atoms with Crippen LogP contribution in [0.15, 0.2) is 14.4 Å². The number of hydrogen-bond donors (Lipinski definition) is 4. The van der Waals surface area contributed by atoms with Gasteiger partial charge in [0.25, 0.3) is 5.56 Å². The summed E-state index contributed by atoms with van der Waals surface area (Å²) in [6.45, 7) is 2.00. The maximum absolute atomic E-state index is 10.9. The molecule has 0 saturated heterocycles. The maximum Gasteiger partial charge on any atom is 0.327 e. The van der Waals surface area contributed by atoms with E-state index in [0.29, 0.717) is 0 Å². The SMILES string of the molecule is C=O.O=c1[nH]c(=O)c2[nH]c(=O)[nH]c2[nH]1. The average Bonchev–Trinajstić information content (AvgIpc) is 2.49. The van der Waals surface area contributed by atoms with E-state index in [1.807, 2.05) is 11.8 Å². The third-order valence-electron chi connectivity index (χ3n) is 1.42. The Balaban J connectivity index is 0.000000461. The average molecular weight is 198 g/mol. The van der Waals surface area contributed by atoms with Gasteiger partial charge < -0.3 is 4.79 Å². The highest BCUT2D eigenvalue weighted by Gasteiger charge is 2.02. The predicted molar refractivity (Wildman–Crippen MR) is 47.3 cm³/mol. The van der Waals surface area contributed by atoms with Gasteiger partial charge in [-0.05, 0) is 0 Å². The van der Waals surface area contributed by atoms with Crippen LogP contribution in [0.25, 0.3) is 11.2 Å². The predicted octanol–water partition coefficient (Wildman–Crippen LogP) is -1.95. The summed E-state index contributed by atoms with van der Waals surface area (Å²) < 4.78 is 0. The number of aromatic nitrogens is 4. The number of hydrogen-bond acceptors (Lipinski definition) is 4. The molecule has 0 saturated carbocycles. The first-order chi connectivity index (χ1) is 6.66. The summed E-state index contributed by atoms with van der Waals surface area (Å²) in [7, 11) is 0. The zero-order chi connectivity index (χ0) is 10.7. The fourth-order valence-electron chi connectivity index (χ4n) is 0.958. The van der Waals surface area contributed by atoms with Crippen LogP contribution in [-0.4, -0.2) is 26.7 Å². The number of fused-ring (bicyclic) bond motifs is 1. The first-order valence-electron chi connectivity index (χ1n) is 3.40. The molecule has 0 aromatic carbocycles. The highest BCUT2D eigenvalue weighted by atomic mass is 16.2. The molecular weight excluding hydrogens is 192 g/mol. The molecule has 8 heteroatoms. The number of nitrogens with one attached hydrogen (secondary N) is 4. The van der Waals surface area contributed by atoms with E-state index in [0.717, 1.165) is 0 Å². The molecule has 2 aromatic heterocycles. The van der Waals surface area contributed by atoms with Crippen molar-refractivity contribution in [2.24, 2.45) is 0 Å². The lowest BCUT2D eigenvalue weighted by Gasteiger charge is -1.83. The minimum Gasteiger partial charge on any atom is -0.307 e. The van der Waals surface area contributed by atoms with Gasteiger partial charge in [0.2, 0.25) is 0 Å². The Kier molecular flexibility index (Phi) is 2.47. The van der Waals surface area contributed by atoms with Gasteiger partial charge in [0.15, 0.2) is 0 Å². The molecule has 0 atom stereocenters. The van der Waals surface area contributed by atoms with Crippen molar-refractivity contribution in [3.8, 4) is 0 Å². The van der Waals surface area contributed by atoms with Crippen molar-refractivity contribution in [3.05, 3.63) is 31.3 Å². The van der Waals surface area contributed by atoms with Crippen LogP contribution in [-0.2, 0) is 4.79 Å². The van der Waals surface area contributed by atoms with Gasteiger partial charge in [-0.25, -0.2) is 9.59 Å². The summed E-state index contributed by atoms with van der Waals surface area (Å²) in [5.41, 5.74) is -1.65. The van der Waals surface area contributed by atoms with Crippen molar-refractivity contribution in [2.45, 2.75) is 0 Å². The minimum absolute atomic E-state index is 0.0413. The lowest BCUT2D eigenvalue weighted by atomic mass is 10.5. The van der Waals surface area contributed by atoms with Crippen LogP contribution in [0.4, 0.5) is 0 Å². The van der Waals surface area contributed by atoms with E-state index < -0.39 is 16.9 Å². The lowest BCUT2D eigenvalue weighted by Crippen LogP contribution is -2.21. The third-order valence-corrected chi connectivity index (χ3v) is 1.42. The fraction of sp³-hybridized carbons (Fsp3) is 0. The second kappa shape index (κ2) is 3.56. The molecule has 2 rings (SSSR count). The number of imidazole rings is 1. The summed E-state index contributed by atoms with van der Waals surface area (Å²) in [4.78, 5) is 49.0. The van der Waals surface area contributed by atoms with Crippen LogP contribution in [0, 0.1) is 0 Å². The molecule has 2 heterocycles. The highest BCUT2D eigenvalue weighted by molar-refractivity contribution is 5.67. The Bertz CT molecular complexity index is 600. The van der Waals surface area contributed by atoms with E-state index in [9.17, 15) is 14.4 Å². The number of rotatable bonds is 0. The van der Waals surface area contributed by atoms with Gasteiger partial charge in [0.05, 0.1) is 0 Å². The van der Waals surface area contributed by atoms with E-state index in [1.165, 1.54) is 0 Å². The smallest absolute Gasteiger partial charge is 0.307 e. The lowest BCUT2D eigenvalue weighted by molar-refractivity contribution is -0.0979. The molecule has 2 aromatic rings. The number of aromatic amines is 4. The highest BCUT2D eigenvalue weighted by Crippen LogP contribution is 1.88. The number of carbonyl (C=O) groups is 1. The van der Waals surface area contributed by atoms with Gasteiger partial charge in [0, 0.05) is 0 Å². The normalized spacial score (nSPS) is 9.43. The fourth-order valence-corrected chi connectivity index (χ4v) is 0.958. The van der Waals surface area contributed by atoms with Gasteiger partial charge in [0.1, 0.15) is 18.0 Å². The molecule has 0 unspecified atom stereocenters. The molecule has 0 amide bonds. The van der Waals surface area contributed by atoms with E-state index in [2.05, 4.69) is 15.0 Å². The maximum atomic E-state index is 10.9. The van der Waals surface area contributed by atoms with Crippen molar-refractivity contribution >= 4 is 18.0 Å². The summed E-state index contributed by atoms with van der Waals surface area (Å²) in [6, 6.07) is 0. The van der Waals surface area contributed by atoms with E-state index >= 15 is 0 Å². The van der Waals surface area contributed by atoms with Crippen molar-refractivity contribution in [3.63, 3.8) is 0 Å². The van der Waals surface area contributed by atoms with Crippen molar-refractivity contribution < 1.29 is 4.79 Å². The standard InChI is InChI=1S/C5H4N4O3.CH2O/c10-3-1-2(7-4(11)6-1)8-5(12)9-3;1-2/h(H4,6,7,8,9,10,11,12);1H2. The third kappa shape index (κ3) is 1.53. The molecule has 0 aliphatic carbocycles. The number of H-pyrrole nitrogens is 4. The first-order valence-corrected chi connectivity index (χ1v) is 3.40. The van der Waals surface area contributed by atoms with Gasteiger partial charge in [-0.15, -0.1) is 0 Å². The van der Waals surface area contributed by atoms with Crippen molar-refractivity contribution in [2.75, 3.05) is 0 Å². The molecule has 0 bridgehead atoms. The second-order valence-corrected chi connectivity index (χ2v) is 2.24. The van der Waals surface area contributed by atoms with Crippen LogP contribution in [0.5, 0.6) is 0 Å². The van der Waals surface area contributed by atoms with Crippen molar-refractivity contribution in [1.29, 1.82) is 0 Å². The Morgan fingerprint density at radius 1 is 0.786 bits per heavy atom. The Morgan fingerprint density at radius 3 is 1.86 bits per heavy atom. The van der Waals surface area contributed by atoms with Crippen LogP contribution in [0.2, 0.25) is 0 Å². The molecule has 0 fully saturated rings. The Labute approximate surface area is 75.0 Å². The molecular formula is C6H6N4O4. The molecule has 74 valence electrons. The minimum atomic E-state index is -0.650. The summed E-state index contributed by atoms with van der Waals surface area (Å²) in [5.74, 6) is 0. The zero-order valence-corrected chi connectivity index (χ0v) is 6.84. The van der Waals surface area contributed by atoms with Gasteiger partial charge in [-0.1, -0.05) is 0 Å². The molecule has 0 aliphatic rings. The monoisotopic (exact) mass is 198 g/mol. The quantitative estimate of drug-likeness (QED) is 0.391. The second-order valence-electron chi connectivity index (χ2n) is 2.24. The van der Waals surface area contributed by atoms with E-state index in [-0.39, 0.29) is 11.2 Å². The van der Waals surface area contributed by atoms with E-state index in [1.54, 1.807) is 0 Å².